The molecule has 2 amide bonds. The number of hydrogen-bond acceptors (Lipinski definition) is 7. The van der Waals surface area contributed by atoms with Gasteiger partial charge in [0.1, 0.15) is 6.04 Å². The topological polar surface area (TPSA) is 157 Å². The number of nitrogens with zero attached hydrogens (tertiary/aromatic N) is 2. The van der Waals surface area contributed by atoms with Gasteiger partial charge in [-0.05, 0) is 83.6 Å². The lowest BCUT2D eigenvalue weighted by atomic mass is 9.93. The maximum Gasteiger partial charge on any atom is 0.269 e. The summed E-state index contributed by atoms with van der Waals surface area (Å²) in [4.78, 5) is 38.8. The quantitative estimate of drug-likeness (QED) is 0.217. The van der Waals surface area contributed by atoms with Crippen molar-refractivity contribution in [1.29, 1.82) is 0 Å². The molecule has 6 N–H and O–H groups in total. The summed E-state index contributed by atoms with van der Waals surface area (Å²) in [5.74, 6) is -0.422. The summed E-state index contributed by atoms with van der Waals surface area (Å²) in [6, 6.07) is 4.97. The molecule has 0 aliphatic carbocycles. The predicted molar refractivity (Wildman–Crippen MR) is 124 cm³/mol. The van der Waals surface area contributed by atoms with E-state index in [1.165, 1.54) is 24.3 Å². The van der Waals surface area contributed by atoms with Gasteiger partial charge in [-0.2, -0.15) is 0 Å². The first kappa shape index (κ1) is 25.7. The van der Waals surface area contributed by atoms with Crippen molar-refractivity contribution in [3.8, 4) is 0 Å². The number of anilines is 1. The Hall–Kier alpha value is -2.56. The standard InChI is InChI=1S/C22H36N6O4/c1-22(13-3-5-16-25-22)27(20(29)8-6-15-24)19(7-2-4-14-23)21(30)26-17-9-11-18(12-10-17)28(31)32/h9-12,19,25H,2-8,13-16,23-24H2,1H3,(H,26,30)/t19-,22?/m0/s1. The van der Waals surface area contributed by atoms with Gasteiger partial charge < -0.3 is 21.7 Å². The zero-order valence-corrected chi connectivity index (χ0v) is 18.8. The van der Waals surface area contributed by atoms with Crippen molar-refractivity contribution in [3.05, 3.63) is 34.4 Å². The molecular formula is C22H36N6O4. The Kier molecular flexibility index (Phi) is 10.0. The molecule has 0 saturated carbocycles. The van der Waals surface area contributed by atoms with E-state index in [0.29, 0.717) is 38.0 Å². The summed E-state index contributed by atoms with van der Waals surface area (Å²) in [5, 5.41) is 17.2. The van der Waals surface area contributed by atoms with Crippen LogP contribution in [-0.2, 0) is 9.59 Å². The van der Waals surface area contributed by atoms with Crippen LogP contribution in [0.15, 0.2) is 24.3 Å². The predicted octanol–water partition coefficient (Wildman–Crippen LogP) is 2.09. The van der Waals surface area contributed by atoms with Crippen molar-refractivity contribution in [2.24, 2.45) is 11.5 Å². The van der Waals surface area contributed by atoms with Crippen molar-refractivity contribution < 1.29 is 14.5 Å². The first-order chi connectivity index (χ1) is 15.3. The highest BCUT2D eigenvalue weighted by Gasteiger charge is 2.42. The summed E-state index contributed by atoms with van der Waals surface area (Å²) in [6.45, 7) is 3.65. The smallest absolute Gasteiger partial charge is 0.269 e. The normalized spacial score (nSPS) is 19.2. The van der Waals surface area contributed by atoms with E-state index < -0.39 is 16.6 Å². The van der Waals surface area contributed by atoms with Crippen LogP contribution in [0.25, 0.3) is 0 Å². The van der Waals surface area contributed by atoms with Crippen LogP contribution in [-0.4, -0.2) is 53.0 Å². The van der Waals surface area contributed by atoms with E-state index in [9.17, 15) is 19.7 Å². The van der Waals surface area contributed by atoms with E-state index in [-0.39, 0.29) is 23.9 Å². The van der Waals surface area contributed by atoms with Crippen LogP contribution in [0.5, 0.6) is 0 Å². The Bertz CT molecular complexity index is 764. The van der Waals surface area contributed by atoms with Crippen LogP contribution >= 0.6 is 0 Å². The molecule has 1 aliphatic rings. The molecule has 0 bridgehead atoms. The number of hydrogen-bond donors (Lipinski definition) is 4. The number of piperidine rings is 1. The molecule has 0 radical (unpaired) electrons. The molecule has 1 unspecified atom stereocenters. The number of nitro benzene ring substituents is 1. The van der Waals surface area contributed by atoms with Gasteiger partial charge in [-0.3, -0.25) is 25.0 Å². The van der Waals surface area contributed by atoms with Gasteiger partial charge in [0.05, 0.1) is 10.6 Å². The van der Waals surface area contributed by atoms with Crippen molar-refractivity contribution in [2.45, 2.75) is 70.0 Å². The number of amides is 2. The van der Waals surface area contributed by atoms with Gasteiger partial charge in [0.2, 0.25) is 11.8 Å². The molecule has 1 aromatic carbocycles. The average Bonchev–Trinajstić information content (AvgIpc) is 2.77. The molecule has 1 fully saturated rings. The summed E-state index contributed by atoms with van der Waals surface area (Å²) in [7, 11) is 0. The molecule has 0 spiro atoms. The summed E-state index contributed by atoms with van der Waals surface area (Å²) < 4.78 is 0. The minimum atomic E-state index is -0.697. The van der Waals surface area contributed by atoms with E-state index in [2.05, 4.69) is 10.6 Å². The Balaban J connectivity index is 2.31. The number of non-ortho nitro benzene ring substituents is 1. The third-order valence-corrected chi connectivity index (χ3v) is 5.88. The van der Waals surface area contributed by atoms with Gasteiger partial charge in [-0.15, -0.1) is 0 Å². The molecule has 2 atom stereocenters. The Labute approximate surface area is 189 Å². The summed E-state index contributed by atoms with van der Waals surface area (Å²) >= 11 is 0. The number of benzene rings is 1. The summed E-state index contributed by atoms with van der Waals surface area (Å²) in [5.41, 5.74) is 11.0. The lowest BCUT2D eigenvalue weighted by Gasteiger charge is -2.48. The van der Waals surface area contributed by atoms with E-state index in [1.807, 2.05) is 6.92 Å². The largest absolute Gasteiger partial charge is 0.330 e. The average molecular weight is 449 g/mol. The Morgan fingerprint density at radius 1 is 1.19 bits per heavy atom. The molecule has 1 heterocycles. The van der Waals surface area contributed by atoms with Crippen molar-refractivity contribution in [3.63, 3.8) is 0 Å². The SMILES string of the molecule is CC1(N(C(=O)CCCN)[C@@H](CCCCN)C(=O)Nc2ccc([N+](=O)[O-])cc2)CCCCN1. The minimum Gasteiger partial charge on any atom is -0.330 e. The van der Waals surface area contributed by atoms with Gasteiger partial charge in [-0.25, -0.2) is 0 Å². The van der Waals surface area contributed by atoms with E-state index in [1.54, 1.807) is 4.90 Å². The molecule has 10 heteroatoms. The lowest BCUT2D eigenvalue weighted by Crippen LogP contribution is -2.66. The molecule has 0 aromatic heterocycles. The fraction of sp³-hybridized carbons (Fsp3) is 0.636. The van der Waals surface area contributed by atoms with E-state index >= 15 is 0 Å². The minimum absolute atomic E-state index is 0.0556. The van der Waals surface area contributed by atoms with Crippen LogP contribution in [0.4, 0.5) is 11.4 Å². The maximum atomic E-state index is 13.4. The van der Waals surface area contributed by atoms with Gasteiger partial charge >= 0.3 is 0 Å². The van der Waals surface area contributed by atoms with Gasteiger partial charge in [0.25, 0.3) is 5.69 Å². The van der Waals surface area contributed by atoms with Gasteiger partial charge in [-0.1, -0.05) is 0 Å². The van der Waals surface area contributed by atoms with Gasteiger partial charge in [0.15, 0.2) is 0 Å². The summed E-state index contributed by atoms with van der Waals surface area (Å²) in [6.07, 6.45) is 5.47. The van der Waals surface area contributed by atoms with Gasteiger partial charge in [0, 0.05) is 24.2 Å². The molecule has 32 heavy (non-hydrogen) atoms. The van der Waals surface area contributed by atoms with Crippen LogP contribution in [0.2, 0.25) is 0 Å². The zero-order valence-electron chi connectivity index (χ0n) is 18.8. The first-order valence-electron chi connectivity index (χ1n) is 11.3. The number of rotatable bonds is 12. The Morgan fingerprint density at radius 3 is 2.44 bits per heavy atom. The van der Waals surface area contributed by atoms with Crippen molar-refractivity contribution in [2.75, 3.05) is 25.0 Å². The lowest BCUT2D eigenvalue weighted by molar-refractivity contribution is -0.384. The highest BCUT2D eigenvalue weighted by atomic mass is 16.6. The molecule has 1 saturated heterocycles. The maximum absolute atomic E-state index is 13.4. The van der Waals surface area contributed by atoms with E-state index in [0.717, 1.165) is 32.2 Å². The van der Waals surface area contributed by atoms with Crippen LogP contribution in [0, 0.1) is 10.1 Å². The van der Waals surface area contributed by atoms with E-state index in [4.69, 9.17) is 11.5 Å². The molecular weight excluding hydrogens is 412 g/mol. The van der Waals surface area contributed by atoms with Crippen LogP contribution in [0.1, 0.15) is 58.3 Å². The molecule has 1 aromatic rings. The highest BCUT2D eigenvalue weighted by molar-refractivity contribution is 5.97. The molecule has 10 nitrogen and oxygen atoms in total. The molecule has 178 valence electrons. The highest BCUT2D eigenvalue weighted by Crippen LogP contribution is 2.29. The number of carbonyl (C=O) groups is 2. The monoisotopic (exact) mass is 448 g/mol. The third-order valence-electron chi connectivity index (χ3n) is 5.88. The second-order valence-corrected chi connectivity index (χ2v) is 8.41. The third kappa shape index (κ3) is 6.98. The number of unbranched alkanes of at least 4 members (excludes halogenated alkanes) is 1. The number of nitrogens with two attached hydrogens (primary N) is 2. The van der Waals surface area contributed by atoms with Crippen molar-refractivity contribution in [1.82, 2.24) is 10.2 Å². The second-order valence-electron chi connectivity index (χ2n) is 8.41. The van der Waals surface area contributed by atoms with Crippen LogP contribution < -0.4 is 22.1 Å². The molecule has 1 aliphatic heterocycles. The van der Waals surface area contributed by atoms with Crippen molar-refractivity contribution >= 4 is 23.2 Å². The first-order valence-corrected chi connectivity index (χ1v) is 11.3. The fourth-order valence-corrected chi connectivity index (χ4v) is 4.16. The number of carbonyl (C=O) groups excluding carboxylic acids is 2. The number of nitrogens with one attached hydrogen (secondary N) is 2. The fourth-order valence-electron chi connectivity index (χ4n) is 4.16. The zero-order chi connectivity index (χ0) is 23.6. The number of nitro groups is 1. The second kappa shape index (κ2) is 12.5. The van der Waals surface area contributed by atoms with Crippen LogP contribution in [0.3, 0.4) is 0 Å². The molecule has 2 rings (SSSR count). The Morgan fingerprint density at radius 2 is 1.88 bits per heavy atom.